The number of benzene rings is 2. The number of hydrogen-bond donors (Lipinski definition) is 0. The SMILES string of the molecule is CC(C)OC(=O)Cn1c2ccccc2c2nc3ccccc3nc21. The van der Waals surface area contributed by atoms with Gasteiger partial charge in [-0.05, 0) is 32.0 Å². The lowest BCUT2D eigenvalue weighted by molar-refractivity contribution is -0.147. The lowest BCUT2D eigenvalue weighted by atomic mass is 10.2. The standard InChI is InChI=1S/C19H17N3O2/c1-12(2)24-17(23)11-22-16-10-6-3-7-13(16)18-19(22)21-15-9-5-4-8-14(15)20-18/h3-10,12H,11H2,1-2H3. The van der Waals surface area contributed by atoms with Crippen molar-refractivity contribution in [1.82, 2.24) is 14.5 Å². The van der Waals surface area contributed by atoms with Gasteiger partial charge in [-0.15, -0.1) is 0 Å². The minimum Gasteiger partial charge on any atom is -0.462 e. The number of aromatic nitrogens is 3. The molecule has 0 saturated heterocycles. The van der Waals surface area contributed by atoms with Crippen LogP contribution in [0.1, 0.15) is 13.8 Å². The van der Waals surface area contributed by atoms with E-state index in [2.05, 4.69) is 0 Å². The van der Waals surface area contributed by atoms with Crippen molar-refractivity contribution in [2.24, 2.45) is 0 Å². The van der Waals surface area contributed by atoms with Gasteiger partial charge in [0.05, 0.1) is 22.7 Å². The van der Waals surface area contributed by atoms with Crippen LogP contribution in [0.4, 0.5) is 0 Å². The van der Waals surface area contributed by atoms with Gasteiger partial charge in [-0.1, -0.05) is 30.3 Å². The fraction of sp³-hybridized carbons (Fsp3) is 0.211. The van der Waals surface area contributed by atoms with Crippen LogP contribution in [0, 0.1) is 0 Å². The Balaban J connectivity index is 1.98. The molecule has 0 aliphatic carbocycles. The van der Waals surface area contributed by atoms with E-state index in [9.17, 15) is 4.79 Å². The Kier molecular flexibility index (Phi) is 3.41. The molecule has 5 nitrogen and oxygen atoms in total. The lowest BCUT2D eigenvalue weighted by Crippen LogP contribution is -2.17. The van der Waals surface area contributed by atoms with Gasteiger partial charge in [0, 0.05) is 5.39 Å². The Labute approximate surface area is 138 Å². The van der Waals surface area contributed by atoms with Crippen LogP contribution in [0.5, 0.6) is 0 Å². The van der Waals surface area contributed by atoms with Crippen molar-refractivity contribution in [2.45, 2.75) is 26.5 Å². The third-order valence-electron chi connectivity index (χ3n) is 3.91. The number of carbonyl (C=O) groups excluding carboxylic acids is 1. The summed E-state index contributed by atoms with van der Waals surface area (Å²) in [6.07, 6.45) is -0.141. The average Bonchev–Trinajstić information content (AvgIpc) is 2.86. The van der Waals surface area contributed by atoms with E-state index in [0.29, 0.717) is 5.65 Å². The summed E-state index contributed by atoms with van der Waals surface area (Å²) in [6.45, 7) is 3.81. The Hall–Kier alpha value is -2.95. The van der Waals surface area contributed by atoms with E-state index in [1.807, 2.05) is 66.9 Å². The zero-order valence-electron chi connectivity index (χ0n) is 13.6. The van der Waals surface area contributed by atoms with Gasteiger partial charge in [-0.2, -0.15) is 0 Å². The number of rotatable bonds is 3. The largest absolute Gasteiger partial charge is 0.462 e. The lowest BCUT2D eigenvalue weighted by Gasteiger charge is -2.10. The highest BCUT2D eigenvalue weighted by molar-refractivity contribution is 6.06. The molecule has 0 atom stereocenters. The quantitative estimate of drug-likeness (QED) is 0.540. The van der Waals surface area contributed by atoms with Crippen LogP contribution in [0.3, 0.4) is 0 Å². The molecule has 24 heavy (non-hydrogen) atoms. The molecule has 0 fully saturated rings. The van der Waals surface area contributed by atoms with Gasteiger partial charge in [-0.25, -0.2) is 9.97 Å². The minimum absolute atomic E-state index is 0.120. The number of carbonyl (C=O) groups is 1. The molecule has 0 N–H and O–H groups in total. The molecule has 0 radical (unpaired) electrons. The molecule has 120 valence electrons. The monoisotopic (exact) mass is 319 g/mol. The molecule has 0 saturated carbocycles. The summed E-state index contributed by atoms with van der Waals surface area (Å²) in [5.41, 5.74) is 4.10. The van der Waals surface area contributed by atoms with Gasteiger partial charge in [-0.3, -0.25) is 4.79 Å². The molecular weight excluding hydrogens is 302 g/mol. The molecule has 0 aliphatic rings. The summed E-state index contributed by atoms with van der Waals surface area (Å²) in [5, 5.41) is 0.989. The second-order valence-electron chi connectivity index (χ2n) is 6.03. The molecule has 0 unspecified atom stereocenters. The molecule has 0 spiro atoms. The first kappa shape index (κ1) is 14.6. The van der Waals surface area contributed by atoms with Crippen molar-refractivity contribution < 1.29 is 9.53 Å². The minimum atomic E-state index is -0.275. The first-order valence-electron chi connectivity index (χ1n) is 7.96. The summed E-state index contributed by atoms with van der Waals surface area (Å²) in [7, 11) is 0. The number of esters is 1. The fourth-order valence-electron chi connectivity index (χ4n) is 2.97. The van der Waals surface area contributed by atoms with Crippen molar-refractivity contribution in [3.63, 3.8) is 0 Å². The summed E-state index contributed by atoms with van der Waals surface area (Å²) < 4.78 is 7.18. The van der Waals surface area contributed by atoms with Gasteiger partial charge in [0.15, 0.2) is 5.65 Å². The van der Waals surface area contributed by atoms with Gasteiger partial charge >= 0.3 is 5.97 Å². The summed E-state index contributed by atoms with van der Waals surface area (Å²) >= 11 is 0. The maximum atomic E-state index is 12.2. The van der Waals surface area contributed by atoms with Gasteiger partial charge < -0.3 is 9.30 Å². The van der Waals surface area contributed by atoms with E-state index >= 15 is 0 Å². The van der Waals surface area contributed by atoms with Crippen molar-refractivity contribution >= 4 is 39.1 Å². The van der Waals surface area contributed by atoms with Crippen LogP contribution in [0.15, 0.2) is 48.5 Å². The molecular formula is C19H17N3O2. The van der Waals surface area contributed by atoms with Crippen molar-refractivity contribution in [2.75, 3.05) is 0 Å². The third kappa shape index (κ3) is 2.38. The number of fused-ring (bicyclic) bond motifs is 4. The second kappa shape index (κ2) is 5.60. The Bertz CT molecular complexity index is 1070. The molecule has 0 aliphatic heterocycles. The predicted octanol–water partition coefficient (Wildman–Crippen LogP) is 3.69. The molecule has 2 heterocycles. The molecule has 0 amide bonds. The summed E-state index contributed by atoms with van der Waals surface area (Å²) in [6, 6.07) is 15.7. The van der Waals surface area contributed by atoms with E-state index < -0.39 is 0 Å². The van der Waals surface area contributed by atoms with E-state index in [4.69, 9.17) is 14.7 Å². The van der Waals surface area contributed by atoms with Crippen LogP contribution in [0.25, 0.3) is 33.1 Å². The van der Waals surface area contributed by atoms with Crippen LogP contribution in [0.2, 0.25) is 0 Å². The van der Waals surface area contributed by atoms with Gasteiger partial charge in [0.1, 0.15) is 12.1 Å². The number of nitrogens with zero attached hydrogens (tertiary/aromatic N) is 3. The van der Waals surface area contributed by atoms with Gasteiger partial charge in [0.25, 0.3) is 0 Å². The molecule has 0 bridgehead atoms. The van der Waals surface area contributed by atoms with Crippen molar-refractivity contribution in [3.05, 3.63) is 48.5 Å². The number of hydrogen-bond acceptors (Lipinski definition) is 4. The molecule has 2 aromatic heterocycles. The maximum absolute atomic E-state index is 12.2. The number of ether oxygens (including phenoxy) is 1. The first-order chi connectivity index (χ1) is 11.6. The van der Waals surface area contributed by atoms with E-state index in [0.717, 1.165) is 27.5 Å². The van der Waals surface area contributed by atoms with Gasteiger partial charge in [0.2, 0.25) is 0 Å². The molecule has 4 rings (SSSR count). The maximum Gasteiger partial charge on any atom is 0.326 e. The predicted molar refractivity (Wildman–Crippen MR) is 93.8 cm³/mol. The smallest absolute Gasteiger partial charge is 0.326 e. The van der Waals surface area contributed by atoms with E-state index in [-0.39, 0.29) is 18.6 Å². The van der Waals surface area contributed by atoms with Crippen molar-refractivity contribution in [1.29, 1.82) is 0 Å². The summed E-state index contributed by atoms with van der Waals surface area (Å²) in [5.74, 6) is -0.275. The fourth-order valence-corrected chi connectivity index (χ4v) is 2.97. The van der Waals surface area contributed by atoms with Crippen LogP contribution >= 0.6 is 0 Å². The van der Waals surface area contributed by atoms with E-state index in [1.54, 1.807) is 0 Å². The zero-order valence-corrected chi connectivity index (χ0v) is 13.6. The Morgan fingerprint density at radius 2 is 1.71 bits per heavy atom. The topological polar surface area (TPSA) is 57.0 Å². The highest BCUT2D eigenvalue weighted by Gasteiger charge is 2.17. The summed E-state index contributed by atoms with van der Waals surface area (Å²) in [4.78, 5) is 21.7. The highest BCUT2D eigenvalue weighted by atomic mass is 16.5. The normalized spacial score (nSPS) is 11.6. The second-order valence-corrected chi connectivity index (χ2v) is 6.03. The van der Waals surface area contributed by atoms with Crippen LogP contribution in [-0.2, 0) is 16.1 Å². The highest BCUT2D eigenvalue weighted by Crippen LogP contribution is 2.28. The first-order valence-corrected chi connectivity index (χ1v) is 7.96. The van der Waals surface area contributed by atoms with Crippen LogP contribution in [-0.4, -0.2) is 26.6 Å². The zero-order chi connectivity index (χ0) is 16.7. The number of para-hydroxylation sites is 3. The van der Waals surface area contributed by atoms with Crippen molar-refractivity contribution in [3.8, 4) is 0 Å². The van der Waals surface area contributed by atoms with E-state index in [1.165, 1.54) is 0 Å². The molecule has 4 aromatic rings. The Morgan fingerprint density at radius 1 is 1.04 bits per heavy atom. The third-order valence-corrected chi connectivity index (χ3v) is 3.91. The molecule has 5 heteroatoms. The van der Waals surface area contributed by atoms with Crippen LogP contribution < -0.4 is 0 Å². The average molecular weight is 319 g/mol. The Morgan fingerprint density at radius 3 is 2.46 bits per heavy atom. The molecule has 2 aromatic carbocycles.